The minimum Gasteiger partial charge on any atom is -0.366 e. The first kappa shape index (κ1) is 17.0. The summed E-state index contributed by atoms with van der Waals surface area (Å²) in [6, 6.07) is 11.9. The first-order chi connectivity index (χ1) is 12.0. The van der Waals surface area contributed by atoms with Gasteiger partial charge in [0.2, 0.25) is 5.91 Å². The van der Waals surface area contributed by atoms with Gasteiger partial charge in [-0.15, -0.1) is 0 Å². The van der Waals surface area contributed by atoms with E-state index in [1.54, 1.807) is 4.90 Å². The van der Waals surface area contributed by atoms with Gasteiger partial charge in [0.05, 0.1) is 17.8 Å². The predicted octanol–water partition coefficient (Wildman–Crippen LogP) is 2.09. The van der Waals surface area contributed by atoms with E-state index in [2.05, 4.69) is 34.7 Å². The highest BCUT2D eigenvalue weighted by atomic mass is 16.2. The van der Waals surface area contributed by atoms with Crippen LogP contribution in [0, 0.1) is 6.92 Å². The van der Waals surface area contributed by atoms with Crippen LogP contribution in [0.25, 0.3) is 0 Å². The molecule has 25 heavy (non-hydrogen) atoms. The standard InChI is InChI=1S/C19H22N4O2/c1-13-5-3-4-6-15(13)11-21-18-8-7-16-17(22-18)12-23(19(16)25)10-9-20-14(2)24/h3-8H,9-12H2,1-2H3,(H,20,24)(H,21,22). The van der Waals surface area contributed by atoms with Gasteiger partial charge in [0.25, 0.3) is 5.91 Å². The Labute approximate surface area is 147 Å². The molecular formula is C19H22N4O2. The molecule has 0 spiro atoms. The minimum atomic E-state index is -0.0926. The fraction of sp³-hybridized carbons (Fsp3) is 0.316. The van der Waals surface area contributed by atoms with Crippen molar-refractivity contribution in [1.29, 1.82) is 0 Å². The number of carbonyl (C=O) groups excluding carboxylic acids is 2. The van der Waals surface area contributed by atoms with Gasteiger partial charge < -0.3 is 15.5 Å². The lowest BCUT2D eigenvalue weighted by atomic mass is 10.1. The highest BCUT2D eigenvalue weighted by Gasteiger charge is 2.28. The van der Waals surface area contributed by atoms with Crippen molar-refractivity contribution in [3.8, 4) is 0 Å². The number of benzene rings is 1. The van der Waals surface area contributed by atoms with E-state index < -0.39 is 0 Å². The smallest absolute Gasteiger partial charge is 0.256 e. The summed E-state index contributed by atoms with van der Waals surface area (Å²) in [5.41, 5.74) is 3.88. The zero-order valence-electron chi connectivity index (χ0n) is 14.5. The normalized spacial score (nSPS) is 12.9. The third kappa shape index (κ3) is 3.96. The molecule has 1 aliphatic heterocycles. The van der Waals surface area contributed by atoms with Gasteiger partial charge in [-0.25, -0.2) is 4.98 Å². The van der Waals surface area contributed by atoms with Gasteiger partial charge in [-0.1, -0.05) is 24.3 Å². The Hall–Kier alpha value is -2.89. The molecule has 0 aliphatic carbocycles. The summed E-state index contributed by atoms with van der Waals surface area (Å²) in [6.07, 6.45) is 0. The van der Waals surface area contributed by atoms with E-state index in [-0.39, 0.29) is 11.8 Å². The Morgan fingerprint density at radius 3 is 2.80 bits per heavy atom. The van der Waals surface area contributed by atoms with Gasteiger partial charge >= 0.3 is 0 Å². The second kappa shape index (κ2) is 7.34. The summed E-state index contributed by atoms with van der Waals surface area (Å²) in [6.45, 7) is 5.66. The maximum Gasteiger partial charge on any atom is 0.256 e. The summed E-state index contributed by atoms with van der Waals surface area (Å²) in [7, 11) is 0. The second-order valence-electron chi connectivity index (χ2n) is 6.18. The highest BCUT2D eigenvalue weighted by Crippen LogP contribution is 2.22. The van der Waals surface area contributed by atoms with Crippen molar-refractivity contribution in [3.05, 3.63) is 58.8 Å². The Balaban J connectivity index is 1.63. The SMILES string of the molecule is CC(=O)NCCN1Cc2nc(NCc3ccccc3C)ccc2C1=O. The fourth-order valence-corrected chi connectivity index (χ4v) is 2.88. The fourth-order valence-electron chi connectivity index (χ4n) is 2.88. The molecule has 0 unspecified atom stereocenters. The summed E-state index contributed by atoms with van der Waals surface area (Å²) in [4.78, 5) is 29.6. The number of anilines is 1. The van der Waals surface area contributed by atoms with Crippen molar-refractivity contribution in [2.45, 2.75) is 26.9 Å². The van der Waals surface area contributed by atoms with Crippen LogP contribution in [-0.2, 0) is 17.9 Å². The largest absolute Gasteiger partial charge is 0.366 e. The summed E-state index contributed by atoms with van der Waals surface area (Å²) in [5, 5.41) is 6.03. The zero-order chi connectivity index (χ0) is 17.8. The lowest BCUT2D eigenvalue weighted by molar-refractivity contribution is -0.119. The van der Waals surface area contributed by atoms with Crippen LogP contribution in [0.4, 0.5) is 5.82 Å². The van der Waals surface area contributed by atoms with E-state index >= 15 is 0 Å². The number of rotatable bonds is 6. The van der Waals surface area contributed by atoms with Crippen LogP contribution in [0.1, 0.15) is 34.1 Å². The van der Waals surface area contributed by atoms with Gasteiger partial charge in [0.1, 0.15) is 5.82 Å². The lowest BCUT2D eigenvalue weighted by Crippen LogP contribution is -2.34. The molecule has 0 saturated heterocycles. The van der Waals surface area contributed by atoms with E-state index in [1.807, 2.05) is 24.3 Å². The van der Waals surface area contributed by atoms with Crippen LogP contribution in [0.2, 0.25) is 0 Å². The summed E-state index contributed by atoms with van der Waals surface area (Å²) < 4.78 is 0. The number of fused-ring (bicyclic) bond motifs is 1. The van der Waals surface area contributed by atoms with Gasteiger partial charge in [-0.3, -0.25) is 9.59 Å². The monoisotopic (exact) mass is 338 g/mol. The van der Waals surface area contributed by atoms with E-state index in [0.29, 0.717) is 31.7 Å². The molecule has 2 heterocycles. The maximum absolute atomic E-state index is 12.4. The minimum absolute atomic E-state index is 0.0293. The molecule has 2 N–H and O–H groups in total. The Bertz CT molecular complexity index is 804. The van der Waals surface area contributed by atoms with Crippen LogP contribution in [0.3, 0.4) is 0 Å². The topological polar surface area (TPSA) is 74.3 Å². The maximum atomic E-state index is 12.4. The van der Waals surface area contributed by atoms with Crippen molar-refractivity contribution < 1.29 is 9.59 Å². The molecule has 2 aromatic rings. The first-order valence-corrected chi connectivity index (χ1v) is 8.36. The van der Waals surface area contributed by atoms with Crippen molar-refractivity contribution >= 4 is 17.6 Å². The summed E-state index contributed by atoms with van der Waals surface area (Å²) >= 11 is 0. The highest BCUT2D eigenvalue weighted by molar-refractivity contribution is 5.98. The number of nitrogens with zero attached hydrogens (tertiary/aromatic N) is 2. The third-order valence-electron chi connectivity index (χ3n) is 4.31. The van der Waals surface area contributed by atoms with E-state index in [0.717, 1.165) is 11.5 Å². The van der Waals surface area contributed by atoms with Gasteiger partial charge in [-0.2, -0.15) is 0 Å². The molecule has 6 heteroatoms. The first-order valence-electron chi connectivity index (χ1n) is 8.36. The molecule has 3 rings (SSSR count). The van der Waals surface area contributed by atoms with Gasteiger partial charge in [0, 0.05) is 26.6 Å². The molecule has 1 aromatic heterocycles. The molecule has 6 nitrogen and oxygen atoms in total. The molecule has 1 aromatic carbocycles. The van der Waals surface area contributed by atoms with Crippen molar-refractivity contribution in [1.82, 2.24) is 15.2 Å². The van der Waals surface area contributed by atoms with Crippen LogP contribution in [0.15, 0.2) is 36.4 Å². The molecule has 0 fully saturated rings. The molecule has 130 valence electrons. The van der Waals surface area contributed by atoms with E-state index in [1.165, 1.54) is 18.1 Å². The Morgan fingerprint density at radius 2 is 2.04 bits per heavy atom. The average molecular weight is 338 g/mol. The molecule has 0 atom stereocenters. The van der Waals surface area contributed by atoms with Crippen LogP contribution in [0.5, 0.6) is 0 Å². The van der Waals surface area contributed by atoms with Gasteiger partial charge in [-0.05, 0) is 30.2 Å². The number of carbonyl (C=O) groups is 2. The quantitative estimate of drug-likeness (QED) is 0.846. The third-order valence-corrected chi connectivity index (χ3v) is 4.31. The number of aromatic nitrogens is 1. The number of amides is 2. The predicted molar refractivity (Wildman–Crippen MR) is 96.2 cm³/mol. The molecular weight excluding hydrogens is 316 g/mol. The Kier molecular flexibility index (Phi) is 4.97. The average Bonchev–Trinajstić information content (AvgIpc) is 2.89. The van der Waals surface area contributed by atoms with Crippen LogP contribution < -0.4 is 10.6 Å². The number of hydrogen-bond acceptors (Lipinski definition) is 4. The van der Waals surface area contributed by atoms with Crippen molar-refractivity contribution in [2.75, 3.05) is 18.4 Å². The number of hydrogen-bond donors (Lipinski definition) is 2. The molecule has 0 bridgehead atoms. The van der Waals surface area contributed by atoms with E-state index in [4.69, 9.17) is 0 Å². The molecule has 2 amide bonds. The molecule has 0 radical (unpaired) electrons. The van der Waals surface area contributed by atoms with E-state index in [9.17, 15) is 9.59 Å². The van der Waals surface area contributed by atoms with Crippen molar-refractivity contribution in [3.63, 3.8) is 0 Å². The number of pyridine rings is 1. The van der Waals surface area contributed by atoms with Crippen molar-refractivity contribution in [2.24, 2.45) is 0 Å². The number of aryl methyl sites for hydroxylation is 1. The Morgan fingerprint density at radius 1 is 1.24 bits per heavy atom. The summed E-state index contributed by atoms with van der Waals surface area (Å²) in [5.74, 6) is 0.641. The van der Waals surface area contributed by atoms with Crippen LogP contribution in [-0.4, -0.2) is 34.8 Å². The second-order valence-corrected chi connectivity index (χ2v) is 6.18. The lowest BCUT2D eigenvalue weighted by Gasteiger charge is -2.14. The zero-order valence-corrected chi connectivity index (χ0v) is 14.5. The number of nitrogens with one attached hydrogen (secondary N) is 2. The van der Waals surface area contributed by atoms with Gasteiger partial charge in [0.15, 0.2) is 0 Å². The molecule has 0 saturated carbocycles. The molecule has 1 aliphatic rings. The van der Waals surface area contributed by atoms with Crippen LogP contribution >= 0.6 is 0 Å².